The van der Waals surface area contributed by atoms with Crippen LogP contribution in [0.25, 0.3) is 11.0 Å². The third-order valence-electron chi connectivity index (χ3n) is 8.88. The van der Waals surface area contributed by atoms with Crippen LogP contribution in [0.1, 0.15) is 64.2 Å². The first-order valence-corrected chi connectivity index (χ1v) is 13.5. The number of benzene rings is 1. The monoisotopic (exact) mass is 483 g/mol. The molecule has 0 spiro atoms. The van der Waals surface area contributed by atoms with E-state index in [4.69, 9.17) is 10.2 Å². The Morgan fingerprint density at radius 3 is 2.57 bits per heavy atom. The number of carbonyl (C=O) groups excluding carboxylic acids is 2. The number of alkyl halides is 1. The summed E-state index contributed by atoms with van der Waals surface area (Å²) in [6.45, 7) is 0.133. The zero-order valence-corrected chi connectivity index (χ0v) is 20.5. The number of nitrogens with one attached hydrogen (secondary N) is 1. The van der Waals surface area contributed by atoms with Crippen LogP contribution >= 0.6 is 0 Å². The molecule has 6 nitrogen and oxygen atoms in total. The molecule has 1 aromatic carbocycles. The second-order valence-electron chi connectivity index (χ2n) is 10.9. The highest BCUT2D eigenvalue weighted by molar-refractivity contribution is 5.99. The summed E-state index contributed by atoms with van der Waals surface area (Å²) in [6, 6.07) is 6.66. The van der Waals surface area contributed by atoms with Gasteiger partial charge in [-0.1, -0.05) is 32.1 Å². The van der Waals surface area contributed by atoms with Crippen LogP contribution in [-0.2, 0) is 9.59 Å². The number of furan rings is 1. The number of rotatable bonds is 6. The Morgan fingerprint density at radius 1 is 1.06 bits per heavy atom. The van der Waals surface area contributed by atoms with Crippen LogP contribution in [0.2, 0.25) is 0 Å². The molecule has 3 fully saturated rings. The van der Waals surface area contributed by atoms with Crippen molar-refractivity contribution in [2.45, 2.75) is 76.3 Å². The van der Waals surface area contributed by atoms with Crippen LogP contribution in [0.3, 0.4) is 0 Å². The number of anilines is 1. The zero-order valence-electron chi connectivity index (χ0n) is 20.5. The minimum Gasteiger partial charge on any atom is -0.464 e. The second-order valence-corrected chi connectivity index (χ2v) is 10.9. The molecule has 0 bridgehead atoms. The van der Waals surface area contributed by atoms with E-state index in [2.05, 4.69) is 5.32 Å². The Hall–Kier alpha value is -2.41. The van der Waals surface area contributed by atoms with Gasteiger partial charge in [-0.05, 0) is 74.1 Å². The summed E-state index contributed by atoms with van der Waals surface area (Å²) < 4.78 is 18.5. The van der Waals surface area contributed by atoms with Crippen LogP contribution in [0.5, 0.6) is 0 Å². The summed E-state index contributed by atoms with van der Waals surface area (Å²) in [7, 11) is 0. The summed E-state index contributed by atoms with van der Waals surface area (Å²) in [4.78, 5) is 29.3. The van der Waals surface area contributed by atoms with Crippen molar-refractivity contribution in [1.82, 2.24) is 4.90 Å². The van der Waals surface area contributed by atoms with Crippen molar-refractivity contribution in [2.75, 3.05) is 18.5 Å². The number of carbonyl (C=O) groups is 2. The van der Waals surface area contributed by atoms with Gasteiger partial charge in [-0.25, -0.2) is 4.39 Å². The third kappa shape index (κ3) is 5.11. The predicted octanol–water partition coefficient (Wildman–Crippen LogP) is 5.27. The molecule has 2 amide bonds. The third-order valence-corrected chi connectivity index (χ3v) is 8.88. The van der Waals surface area contributed by atoms with E-state index in [-0.39, 0.29) is 29.6 Å². The fourth-order valence-corrected chi connectivity index (χ4v) is 6.87. The van der Waals surface area contributed by atoms with E-state index in [1.165, 1.54) is 19.3 Å². The van der Waals surface area contributed by atoms with Crippen molar-refractivity contribution in [3.8, 4) is 0 Å². The SMILES string of the molecule is N[C@@H](CF)C1CCC(C(=O)N2CC[C@@H](C3CCCCC3)[C@H]2C(=O)Nc2ccc3occc3c2)CC1. The zero-order chi connectivity index (χ0) is 24.4. The lowest BCUT2D eigenvalue weighted by Crippen LogP contribution is -2.50. The lowest BCUT2D eigenvalue weighted by Gasteiger charge is -2.36. The maximum absolute atomic E-state index is 13.7. The van der Waals surface area contributed by atoms with Gasteiger partial charge in [-0.2, -0.15) is 0 Å². The lowest BCUT2D eigenvalue weighted by molar-refractivity contribution is -0.142. The maximum Gasteiger partial charge on any atom is 0.247 e. The summed E-state index contributed by atoms with van der Waals surface area (Å²) >= 11 is 0. The van der Waals surface area contributed by atoms with Gasteiger partial charge < -0.3 is 20.4 Å². The van der Waals surface area contributed by atoms with E-state index in [9.17, 15) is 14.0 Å². The largest absolute Gasteiger partial charge is 0.464 e. The van der Waals surface area contributed by atoms with Crippen LogP contribution in [-0.4, -0.2) is 42.0 Å². The fraction of sp³-hybridized carbons (Fsp3) is 0.643. The quantitative estimate of drug-likeness (QED) is 0.586. The maximum atomic E-state index is 13.7. The fourth-order valence-electron chi connectivity index (χ4n) is 6.87. The highest BCUT2D eigenvalue weighted by Gasteiger charge is 2.46. The molecule has 0 radical (unpaired) electrons. The predicted molar refractivity (Wildman–Crippen MR) is 134 cm³/mol. The Morgan fingerprint density at radius 2 is 1.83 bits per heavy atom. The van der Waals surface area contributed by atoms with Crippen molar-refractivity contribution >= 4 is 28.5 Å². The summed E-state index contributed by atoms with van der Waals surface area (Å²) in [6.07, 6.45) is 11.5. The number of halogens is 1. The molecule has 35 heavy (non-hydrogen) atoms. The van der Waals surface area contributed by atoms with Gasteiger partial charge in [0.05, 0.1) is 6.26 Å². The molecule has 2 heterocycles. The first-order chi connectivity index (χ1) is 17.0. The first kappa shape index (κ1) is 24.3. The molecule has 2 saturated carbocycles. The van der Waals surface area contributed by atoms with Crippen molar-refractivity contribution in [2.24, 2.45) is 29.4 Å². The van der Waals surface area contributed by atoms with Crippen molar-refractivity contribution in [3.05, 3.63) is 30.5 Å². The molecule has 5 rings (SSSR count). The van der Waals surface area contributed by atoms with Gasteiger partial charge in [0.1, 0.15) is 18.3 Å². The van der Waals surface area contributed by atoms with Crippen molar-refractivity contribution in [1.29, 1.82) is 0 Å². The van der Waals surface area contributed by atoms with Gasteiger partial charge in [-0.3, -0.25) is 9.59 Å². The number of fused-ring (bicyclic) bond motifs is 1. The van der Waals surface area contributed by atoms with Crippen molar-refractivity contribution in [3.63, 3.8) is 0 Å². The summed E-state index contributed by atoms with van der Waals surface area (Å²) in [5.74, 6) is 0.763. The van der Waals surface area contributed by atoms with Gasteiger partial charge in [-0.15, -0.1) is 0 Å². The van der Waals surface area contributed by atoms with E-state index in [0.29, 0.717) is 12.5 Å². The Balaban J connectivity index is 1.33. The van der Waals surface area contributed by atoms with Gasteiger partial charge in [0.2, 0.25) is 11.8 Å². The molecule has 1 saturated heterocycles. The van der Waals surface area contributed by atoms with Crippen LogP contribution in [0, 0.1) is 23.7 Å². The van der Waals surface area contributed by atoms with Crippen LogP contribution in [0.4, 0.5) is 10.1 Å². The number of hydrogen-bond acceptors (Lipinski definition) is 4. The molecule has 3 atom stereocenters. The highest BCUT2D eigenvalue weighted by atomic mass is 19.1. The van der Waals surface area contributed by atoms with E-state index in [1.54, 1.807) is 6.26 Å². The van der Waals surface area contributed by atoms with Gasteiger partial charge in [0, 0.05) is 29.6 Å². The second kappa shape index (κ2) is 10.7. The summed E-state index contributed by atoms with van der Waals surface area (Å²) in [5, 5.41) is 4.06. The number of likely N-dealkylation sites (tertiary alicyclic amines) is 1. The minimum atomic E-state index is -0.509. The topological polar surface area (TPSA) is 88.6 Å². The standard InChI is InChI=1S/C28H38FN3O3/c29-17-24(30)19-6-8-20(9-7-19)28(34)32-14-12-23(18-4-2-1-3-5-18)26(32)27(33)31-22-10-11-25-21(16-22)13-15-35-25/h10-11,13,15-16,18-20,23-24,26H,1-9,12,14,17,30H2,(H,31,33)/t19?,20?,23-,24-,26-/m0/s1. The Bertz CT molecular complexity index is 1030. The first-order valence-electron chi connectivity index (χ1n) is 13.5. The molecule has 2 aliphatic carbocycles. The van der Waals surface area contributed by atoms with Crippen LogP contribution in [0.15, 0.2) is 34.9 Å². The molecule has 0 unspecified atom stereocenters. The lowest BCUT2D eigenvalue weighted by atomic mass is 9.76. The number of nitrogens with two attached hydrogens (primary N) is 1. The van der Waals surface area contributed by atoms with E-state index >= 15 is 0 Å². The average Bonchev–Trinajstić information content (AvgIpc) is 3.55. The smallest absolute Gasteiger partial charge is 0.247 e. The normalized spacial score (nSPS) is 28.8. The van der Waals surface area contributed by atoms with Gasteiger partial charge >= 0.3 is 0 Å². The molecular formula is C28H38FN3O3. The number of nitrogens with zero attached hydrogens (tertiary/aromatic N) is 1. The van der Waals surface area contributed by atoms with E-state index in [0.717, 1.165) is 61.6 Å². The van der Waals surface area contributed by atoms with Gasteiger partial charge in [0.25, 0.3) is 0 Å². The molecule has 1 aliphatic heterocycles. The minimum absolute atomic E-state index is 0.0811. The summed E-state index contributed by atoms with van der Waals surface area (Å²) in [5.41, 5.74) is 7.44. The van der Waals surface area contributed by atoms with E-state index in [1.807, 2.05) is 29.2 Å². The highest BCUT2D eigenvalue weighted by Crippen LogP contribution is 2.41. The van der Waals surface area contributed by atoms with Crippen LogP contribution < -0.4 is 11.1 Å². The van der Waals surface area contributed by atoms with Gasteiger partial charge in [0.15, 0.2) is 0 Å². The average molecular weight is 484 g/mol. The van der Waals surface area contributed by atoms with E-state index < -0.39 is 18.8 Å². The molecule has 7 heteroatoms. The molecule has 3 N–H and O–H groups in total. The molecule has 190 valence electrons. The molecule has 2 aromatic rings. The molecular weight excluding hydrogens is 445 g/mol. The van der Waals surface area contributed by atoms with Crippen molar-refractivity contribution < 1.29 is 18.4 Å². The Labute approximate surface area is 206 Å². The number of amides is 2. The molecule has 3 aliphatic rings. The molecule has 1 aromatic heterocycles. The number of hydrogen-bond donors (Lipinski definition) is 2. The Kier molecular flexibility index (Phi) is 7.42.